The lowest BCUT2D eigenvalue weighted by Crippen LogP contribution is -2.44. The fraction of sp³-hybridized carbons (Fsp3) is 0.692. The largest absolute Gasteiger partial charge is 0.392 e. The number of hydrogen-bond donors (Lipinski definition) is 1. The van der Waals surface area contributed by atoms with Crippen molar-refractivity contribution in [2.45, 2.75) is 44.3 Å². The lowest BCUT2D eigenvalue weighted by atomic mass is 9.74. The van der Waals surface area contributed by atoms with Crippen molar-refractivity contribution in [2.24, 2.45) is 17.6 Å². The maximum absolute atomic E-state index is 13.0. The molecule has 1 fully saturated rings. The Hall–Kier alpha value is -0.0700. The predicted molar refractivity (Wildman–Crippen MR) is 75.2 cm³/mol. The predicted octanol–water partition coefficient (Wildman–Crippen LogP) is 4.75. The second-order valence-corrected chi connectivity index (χ2v) is 7.72. The molecule has 0 amide bonds. The van der Waals surface area contributed by atoms with Gasteiger partial charge >= 0.3 is 6.18 Å². The van der Waals surface area contributed by atoms with E-state index in [-0.39, 0.29) is 6.42 Å². The highest BCUT2D eigenvalue weighted by Gasteiger charge is 2.47. The zero-order valence-corrected chi connectivity index (χ0v) is 12.8. The van der Waals surface area contributed by atoms with Crippen LogP contribution in [-0.2, 0) is 6.42 Å². The molecule has 1 aliphatic carbocycles. The number of rotatable bonds is 3. The van der Waals surface area contributed by atoms with Crippen LogP contribution in [0.5, 0.6) is 0 Å². The van der Waals surface area contributed by atoms with Crippen molar-refractivity contribution >= 4 is 27.3 Å². The Morgan fingerprint density at radius 1 is 1.32 bits per heavy atom. The minimum absolute atomic E-state index is 0.232. The quantitative estimate of drug-likeness (QED) is 0.831. The van der Waals surface area contributed by atoms with Crippen molar-refractivity contribution in [1.82, 2.24) is 0 Å². The van der Waals surface area contributed by atoms with Gasteiger partial charge in [-0.15, -0.1) is 11.3 Å². The molecular weight excluding hydrogens is 339 g/mol. The Bertz CT molecular complexity index is 418. The Labute approximate surface area is 123 Å². The minimum atomic E-state index is -4.11. The second kappa shape index (κ2) is 6.14. The molecule has 0 spiro atoms. The van der Waals surface area contributed by atoms with Gasteiger partial charge in [-0.2, -0.15) is 13.2 Å². The van der Waals surface area contributed by atoms with Gasteiger partial charge in [0, 0.05) is 10.9 Å². The molecule has 2 rings (SSSR count). The second-order valence-electron chi connectivity index (χ2n) is 5.17. The SMILES string of the molecule is NC(Cc1ccc(Br)s1)C1CCCCC1C(F)(F)F. The molecule has 3 unspecified atom stereocenters. The molecule has 1 heterocycles. The Kier molecular flexibility index (Phi) is 4.95. The van der Waals surface area contributed by atoms with Gasteiger partial charge in [-0.05, 0) is 53.2 Å². The van der Waals surface area contributed by atoms with Crippen molar-refractivity contribution < 1.29 is 13.2 Å². The van der Waals surface area contributed by atoms with Gasteiger partial charge in [0.05, 0.1) is 9.70 Å². The van der Waals surface area contributed by atoms with Crippen LogP contribution in [0.2, 0.25) is 0 Å². The van der Waals surface area contributed by atoms with Crippen molar-refractivity contribution in [3.63, 3.8) is 0 Å². The first-order valence-corrected chi connectivity index (χ1v) is 8.05. The monoisotopic (exact) mass is 355 g/mol. The van der Waals surface area contributed by atoms with Gasteiger partial charge < -0.3 is 5.73 Å². The fourth-order valence-corrected chi connectivity index (χ4v) is 4.48. The topological polar surface area (TPSA) is 26.0 Å². The van der Waals surface area contributed by atoms with E-state index >= 15 is 0 Å². The summed E-state index contributed by atoms with van der Waals surface area (Å²) in [6.07, 6.45) is -1.23. The van der Waals surface area contributed by atoms with E-state index in [1.165, 1.54) is 0 Å². The van der Waals surface area contributed by atoms with Crippen LogP contribution in [0.1, 0.15) is 30.6 Å². The number of thiophene rings is 1. The zero-order valence-electron chi connectivity index (χ0n) is 10.4. The summed E-state index contributed by atoms with van der Waals surface area (Å²) in [5, 5.41) is 0. The highest BCUT2D eigenvalue weighted by Crippen LogP contribution is 2.43. The lowest BCUT2D eigenvalue weighted by Gasteiger charge is -2.36. The first-order chi connectivity index (χ1) is 8.88. The summed E-state index contributed by atoms with van der Waals surface area (Å²) in [6.45, 7) is 0. The van der Waals surface area contributed by atoms with Crippen LogP contribution in [0.3, 0.4) is 0 Å². The lowest BCUT2D eigenvalue weighted by molar-refractivity contribution is -0.198. The van der Waals surface area contributed by atoms with Crippen LogP contribution in [0.4, 0.5) is 13.2 Å². The molecule has 0 aromatic carbocycles. The smallest absolute Gasteiger partial charge is 0.327 e. The normalized spacial score (nSPS) is 26.4. The summed E-state index contributed by atoms with van der Waals surface area (Å²) < 4.78 is 40.1. The third-order valence-corrected chi connectivity index (χ3v) is 5.50. The molecule has 2 N–H and O–H groups in total. The molecule has 0 saturated heterocycles. The van der Waals surface area contributed by atoms with Crippen molar-refractivity contribution in [3.8, 4) is 0 Å². The van der Waals surface area contributed by atoms with E-state index < -0.39 is 24.1 Å². The maximum Gasteiger partial charge on any atom is 0.392 e. The van der Waals surface area contributed by atoms with Gasteiger partial charge in [-0.25, -0.2) is 0 Å². The average Bonchev–Trinajstić information content (AvgIpc) is 2.73. The number of hydrogen-bond acceptors (Lipinski definition) is 2. The van der Waals surface area contributed by atoms with Crippen LogP contribution in [-0.4, -0.2) is 12.2 Å². The molecule has 0 radical (unpaired) electrons. The van der Waals surface area contributed by atoms with Gasteiger partial charge in [0.1, 0.15) is 0 Å². The van der Waals surface area contributed by atoms with E-state index in [0.29, 0.717) is 19.3 Å². The summed E-state index contributed by atoms with van der Waals surface area (Å²) in [5.41, 5.74) is 6.07. The molecule has 1 saturated carbocycles. The van der Waals surface area contributed by atoms with Crippen LogP contribution in [0.15, 0.2) is 15.9 Å². The van der Waals surface area contributed by atoms with Crippen LogP contribution < -0.4 is 5.73 Å². The molecule has 0 bridgehead atoms. The average molecular weight is 356 g/mol. The Morgan fingerprint density at radius 3 is 2.58 bits per heavy atom. The summed E-state index contributed by atoms with van der Waals surface area (Å²) in [5.74, 6) is -1.66. The first kappa shape index (κ1) is 15.3. The highest BCUT2D eigenvalue weighted by atomic mass is 79.9. The molecule has 108 valence electrons. The maximum atomic E-state index is 13.0. The number of nitrogens with two attached hydrogens (primary N) is 1. The first-order valence-electron chi connectivity index (χ1n) is 6.44. The van der Waals surface area contributed by atoms with Gasteiger partial charge in [-0.1, -0.05) is 12.8 Å². The third-order valence-electron chi connectivity index (χ3n) is 3.86. The highest BCUT2D eigenvalue weighted by molar-refractivity contribution is 9.11. The van der Waals surface area contributed by atoms with E-state index in [0.717, 1.165) is 15.1 Å². The standard InChI is InChI=1S/C13H17BrF3NS/c14-12-6-5-8(19-12)7-11(18)9-3-1-2-4-10(9)13(15,16)17/h5-6,9-11H,1-4,7,18H2. The summed E-state index contributed by atoms with van der Waals surface area (Å²) in [4.78, 5) is 1.05. The zero-order chi connectivity index (χ0) is 14.0. The van der Waals surface area contributed by atoms with E-state index in [1.807, 2.05) is 12.1 Å². The van der Waals surface area contributed by atoms with Crippen molar-refractivity contribution in [1.29, 1.82) is 0 Å². The summed E-state index contributed by atoms with van der Waals surface area (Å²) in [7, 11) is 0. The van der Waals surface area contributed by atoms with Crippen molar-refractivity contribution in [3.05, 3.63) is 20.8 Å². The molecule has 1 nitrogen and oxygen atoms in total. The molecule has 0 aliphatic heterocycles. The van der Waals surface area contributed by atoms with Gasteiger partial charge in [0.2, 0.25) is 0 Å². The molecule has 19 heavy (non-hydrogen) atoms. The van der Waals surface area contributed by atoms with Crippen molar-refractivity contribution in [2.75, 3.05) is 0 Å². The Morgan fingerprint density at radius 2 is 2.00 bits per heavy atom. The number of alkyl halides is 3. The molecule has 1 aromatic rings. The van der Waals surface area contributed by atoms with Crippen LogP contribution in [0.25, 0.3) is 0 Å². The molecule has 1 aliphatic rings. The molecular formula is C13H17BrF3NS. The number of halogens is 4. The van der Waals surface area contributed by atoms with E-state index in [2.05, 4.69) is 15.9 Å². The van der Waals surface area contributed by atoms with Crippen LogP contribution >= 0.6 is 27.3 Å². The van der Waals surface area contributed by atoms with Gasteiger partial charge in [0.25, 0.3) is 0 Å². The Balaban J connectivity index is 2.05. The van der Waals surface area contributed by atoms with Gasteiger partial charge in [-0.3, -0.25) is 0 Å². The van der Waals surface area contributed by atoms with E-state index in [1.54, 1.807) is 11.3 Å². The fourth-order valence-electron chi connectivity index (χ4n) is 2.92. The summed E-state index contributed by atoms with van der Waals surface area (Å²) in [6, 6.07) is 3.44. The summed E-state index contributed by atoms with van der Waals surface area (Å²) >= 11 is 4.90. The minimum Gasteiger partial charge on any atom is -0.327 e. The molecule has 6 heteroatoms. The van der Waals surface area contributed by atoms with E-state index in [9.17, 15) is 13.2 Å². The van der Waals surface area contributed by atoms with Gasteiger partial charge in [0.15, 0.2) is 0 Å². The van der Waals surface area contributed by atoms with Crippen LogP contribution in [0, 0.1) is 11.8 Å². The molecule has 1 aromatic heterocycles. The van der Waals surface area contributed by atoms with E-state index in [4.69, 9.17) is 5.73 Å². The molecule has 3 atom stereocenters. The third kappa shape index (κ3) is 3.95.